The van der Waals surface area contributed by atoms with Crippen LogP contribution in [-0.4, -0.2) is 63.7 Å². The Morgan fingerprint density at radius 1 is 1.24 bits per heavy atom. The van der Waals surface area contributed by atoms with Gasteiger partial charge in [0.25, 0.3) is 0 Å². The zero-order valence-corrected chi connectivity index (χ0v) is 15.4. The van der Waals surface area contributed by atoms with Crippen LogP contribution in [0.4, 0.5) is 11.4 Å². The second-order valence-corrected chi connectivity index (χ2v) is 6.83. The highest BCUT2D eigenvalue weighted by molar-refractivity contribution is 5.86. The first kappa shape index (κ1) is 17.9. The number of carbonyl (C=O) groups is 1. The summed E-state index contributed by atoms with van der Waals surface area (Å²) in [5.41, 5.74) is 2.00. The Kier molecular flexibility index (Phi) is 6.02. The smallest absolute Gasteiger partial charge is 0.242 e. The van der Waals surface area contributed by atoms with E-state index in [4.69, 9.17) is 4.74 Å². The lowest BCUT2D eigenvalue weighted by atomic mass is 10.1. The van der Waals surface area contributed by atoms with Crippen molar-refractivity contribution in [2.75, 3.05) is 57.1 Å². The van der Waals surface area contributed by atoms with Gasteiger partial charge in [0.15, 0.2) is 0 Å². The van der Waals surface area contributed by atoms with Gasteiger partial charge in [-0.1, -0.05) is 0 Å². The summed E-state index contributed by atoms with van der Waals surface area (Å²) in [5, 5.41) is 6.26. The van der Waals surface area contributed by atoms with E-state index in [0.717, 1.165) is 49.6 Å². The fraction of sp³-hybridized carbons (Fsp3) is 0.632. The second-order valence-electron chi connectivity index (χ2n) is 6.83. The van der Waals surface area contributed by atoms with Crippen LogP contribution in [0.3, 0.4) is 0 Å². The SMILES string of the molecule is CNc1ccc(N2CCCC2C(=O)NCCN2CCCC2)cc1OC. The quantitative estimate of drug-likeness (QED) is 0.790. The van der Waals surface area contributed by atoms with Crippen LogP contribution in [0.25, 0.3) is 0 Å². The molecule has 1 amide bonds. The van der Waals surface area contributed by atoms with Crippen molar-refractivity contribution in [3.8, 4) is 5.75 Å². The van der Waals surface area contributed by atoms with Gasteiger partial charge in [0, 0.05) is 38.4 Å². The summed E-state index contributed by atoms with van der Waals surface area (Å²) >= 11 is 0. The number of likely N-dealkylation sites (tertiary alicyclic amines) is 1. The number of nitrogens with one attached hydrogen (secondary N) is 2. The molecule has 2 aliphatic rings. The number of hydrogen-bond acceptors (Lipinski definition) is 5. The first-order chi connectivity index (χ1) is 12.2. The van der Waals surface area contributed by atoms with Crippen molar-refractivity contribution in [1.29, 1.82) is 0 Å². The van der Waals surface area contributed by atoms with Gasteiger partial charge in [-0.25, -0.2) is 0 Å². The lowest BCUT2D eigenvalue weighted by molar-refractivity contribution is -0.122. The van der Waals surface area contributed by atoms with Gasteiger partial charge in [-0.15, -0.1) is 0 Å². The van der Waals surface area contributed by atoms with Crippen LogP contribution in [-0.2, 0) is 4.79 Å². The highest BCUT2D eigenvalue weighted by Crippen LogP contribution is 2.33. The standard InChI is InChI=1S/C19H30N4O2/c1-20-16-8-7-15(14-18(16)25-2)23-12-5-6-17(23)19(24)21-9-13-22-10-3-4-11-22/h7-8,14,17,20H,3-6,9-13H2,1-2H3,(H,21,24). The molecule has 2 N–H and O–H groups in total. The van der Waals surface area contributed by atoms with E-state index in [0.29, 0.717) is 0 Å². The molecule has 2 fully saturated rings. The minimum absolute atomic E-state index is 0.0799. The molecule has 0 aliphatic carbocycles. The topological polar surface area (TPSA) is 56.8 Å². The van der Waals surface area contributed by atoms with Gasteiger partial charge in [0.2, 0.25) is 5.91 Å². The molecule has 2 saturated heterocycles. The molecule has 3 rings (SSSR count). The molecule has 1 aromatic carbocycles. The summed E-state index contributed by atoms with van der Waals surface area (Å²) in [6.07, 6.45) is 4.52. The number of rotatable bonds is 7. The summed E-state index contributed by atoms with van der Waals surface area (Å²) in [4.78, 5) is 17.3. The molecule has 25 heavy (non-hydrogen) atoms. The molecule has 1 aromatic rings. The first-order valence-electron chi connectivity index (χ1n) is 9.35. The Bertz CT molecular complexity index is 587. The monoisotopic (exact) mass is 346 g/mol. The van der Waals surface area contributed by atoms with Crippen molar-refractivity contribution in [2.45, 2.75) is 31.7 Å². The summed E-state index contributed by atoms with van der Waals surface area (Å²) in [5.74, 6) is 0.952. The van der Waals surface area contributed by atoms with Crippen molar-refractivity contribution in [1.82, 2.24) is 10.2 Å². The fourth-order valence-corrected chi connectivity index (χ4v) is 3.87. The van der Waals surface area contributed by atoms with Gasteiger partial charge in [-0.2, -0.15) is 0 Å². The largest absolute Gasteiger partial charge is 0.495 e. The van der Waals surface area contributed by atoms with Gasteiger partial charge >= 0.3 is 0 Å². The Hall–Kier alpha value is -1.95. The molecule has 6 heteroatoms. The van der Waals surface area contributed by atoms with Crippen LogP contribution < -0.4 is 20.3 Å². The van der Waals surface area contributed by atoms with Crippen LogP contribution in [0.15, 0.2) is 18.2 Å². The molecule has 2 aliphatic heterocycles. The molecule has 1 atom stereocenters. The predicted octanol–water partition coefficient (Wildman–Crippen LogP) is 1.92. The van der Waals surface area contributed by atoms with E-state index in [-0.39, 0.29) is 11.9 Å². The normalized spacial score (nSPS) is 20.7. The Morgan fingerprint density at radius 2 is 2.04 bits per heavy atom. The van der Waals surface area contributed by atoms with Crippen LogP contribution in [0.2, 0.25) is 0 Å². The molecule has 1 unspecified atom stereocenters. The molecule has 0 aromatic heterocycles. The molecule has 0 saturated carbocycles. The number of carbonyl (C=O) groups excluding carboxylic acids is 1. The van der Waals surface area contributed by atoms with Crippen LogP contribution in [0, 0.1) is 0 Å². The maximum atomic E-state index is 12.7. The number of methoxy groups -OCH3 is 1. The molecule has 0 radical (unpaired) electrons. The summed E-state index contributed by atoms with van der Waals surface area (Å²) in [7, 11) is 3.55. The zero-order valence-electron chi connectivity index (χ0n) is 15.4. The molecule has 2 heterocycles. The highest BCUT2D eigenvalue weighted by atomic mass is 16.5. The lowest BCUT2D eigenvalue weighted by Gasteiger charge is -2.27. The minimum Gasteiger partial charge on any atom is -0.495 e. The Balaban J connectivity index is 1.60. The third-order valence-electron chi connectivity index (χ3n) is 5.27. The lowest BCUT2D eigenvalue weighted by Crippen LogP contribution is -2.45. The van der Waals surface area contributed by atoms with E-state index in [2.05, 4.69) is 26.5 Å². The number of benzene rings is 1. The second kappa shape index (κ2) is 8.43. The molecule has 0 bridgehead atoms. The van der Waals surface area contributed by atoms with Gasteiger partial charge in [-0.3, -0.25) is 4.79 Å². The van der Waals surface area contributed by atoms with Gasteiger partial charge < -0.3 is 25.2 Å². The highest BCUT2D eigenvalue weighted by Gasteiger charge is 2.31. The van der Waals surface area contributed by atoms with E-state index >= 15 is 0 Å². The van der Waals surface area contributed by atoms with Gasteiger partial charge in [-0.05, 0) is 50.9 Å². The van der Waals surface area contributed by atoms with E-state index in [9.17, 15) is 4.79 Å². The van der Waals surface area contributed by atoms with Crippen molar-refractivity contribution >= 4 is 17.3 Å². The van der Waals surface area contributed by atoms with Crippen molar-refractivity contribution in [3.63, 3.8) is 0 Å². The Labute approximate surface area is 150 Å². The zero-order chi connectivity index (χ0) is 17.6. The Morgan fingerprint density at radius 3 is 2.76 bits per heavy atom. The summed E-state index contributed by atoms with van der Waals surface area (Å²) in [6, 6.07) is 6.00. The van der Waals surface area contributed by atoms with Gasteiger partial charge in [0.05, 0.1) is 12.8 Å². The average Bonchev–Trinajstić information content (AvgIpc) is 3.32. The van der Waals surface area contributed by atoms with Gasteiger partial charge in [0.1, 0.15) is 11.8 Å². The molecule has 6 nitrogen and oxygen atoms in total. The predicted molar refractivity (Wildman–Crippen MR) is 102 cm³/mol. The maximum absolute atomic E-state index is 12.7. The van der Waals surface area contributed by atoms with Crippen molar-refractivity contribution in [3.05, 3.63) is 18.2 Å². The van der Waals surface area contributed by atoms with Crippen LogP contribution in [0.1, 0.15) is 25.7 Å². The van der Waals surface area contributed by atoms with E-state index in [1.807, 2.05) is 19.2 Å². The molecular weight excluding hydrogens is 316 g/mol. The average molecular weight is 346 g/mol. The number of ether oxygens (including phenoxy) is 1. The molecule has 138 valence electrons. The van der Waals surface area contributed by atoms with Crippen LogP contribution >= 0.6 is 0 Å². The third-order valence-corrected chi connectivity index (χ3v) is 5.27. The third kappa shape index (κ3) is 4.18. The molecule has 0 spiro atoms. The molecular formula is C19H30N4O2. The maximum Gasteiger partial charge on any atom is 0.242 e. The number of amides is 1. The minimum atomic E-state index is -0.0799. The summed E-state index contributed by atoms with van der Waals surface area (Å²) in [6.45, 7) is 4.95. The summed E-state index contributed by atoms with van der Waals surface area (Å²) < 4.78 is 5.46. The van der Waals surface area contributed by atoms with Crippen molar-refractivity contribution in [2.24, 2.45) is 0 Å². The van der Waals surface area contributed by atoms with Crippen molar-refractivity contribution < 1.29 is 9.53 Å². The van der Waals surface area contributed by atoms with E-state index in [1.54, 1.807) is 7.11 Å². The number of anilines is 2. The van der Waals surface area contributed by atoms with Crippen LogP contribution in [0.5, 0.6) is 5.75 Å². The van der Waals surface area contributed by atoms with E-state index < -0.39 is 0 Å². The first-order valence-corrected chi connectivity index (χ1v) is 9.35. The van der Waals surface area contributed by atoms with E-state index in [1.165, 1.54) is 25.9 Å². The fourth-order valence-electron chi connectivity index (χ4n) is 3.87. The number of hydrogen-bond donors (Lipinski definition) is 2. The number of nitrogens with zero attached hydrogens (tertiary/aromatic N) is 2.